The number of carboxylic acid groups (broad SMARTS) is 1. The quantitative estimate of drug-likeness (QED) is 0.672. The molecular weight excluding hydrogens is 184 g/mol. The molecule has 0 heterocycles. The highest BCUT2D eigenvalue weighted by molar-refractivity contribution is 5.86. The van der Waals surface area contributed by atoms with E-state index in [9.17, 15) is 9.59 Å². The van der Waals surface area contributed by atoms with E-state index in [1.54, 1.807) is 6.92 Å². The second-order valence-corrected chi connectivity index (χ2v) is 2.54. The number of halogens is 1. The van der Waals surface area contributed by atoms with E-state index in [2.05, 4.69) is 4.74 Å². The summed E-state index contributed by atoms with van der Waals surface area (Å²) in [4.78, 5) is 21.1. The summed E-state index contributed by atoms with van der Waals surface area (Å²) in [5, 5.41) is 8.43. The zero-order valence-corrected chi connectivity index (χ0v) is 7.47. The fraction of sp³-hybridized carbons (Fsp3) is 0.714. The van der Waals surface area contributed by atoms with Crippen LogP contribution < -0.4 is 0 Å². The third kappa shape index (κ3) is 2.37. The van der Waals surface area contributed by atoms with Crippen LogP contribution in [-0.4, -0.2) is 23.7 Å². The molecule has 1 saturated carbocycles. The van der Waals surface area contributed by atoms with Crippen LogP contribution in [0.3, 0.4) is 0 Å². The first kappa shape index (κ1) is 11.2. The Kier molecular flexibility index (Phi) is 4.03. The van der Waals surface area contributed by atoms with Gasteiger partial charge in [0.1, 0.15) is 0 Å². The summed E-state index contributed by atoms with van der Waals surface area (Å²) in [7, 11) is 0. The first-order valence-electron chi connectivity index (χ1n) is 3.56. The summed E-state index contributed by atoms with van der Waals surface area (Å²) in [5.41, 5.74) is 0. The molecule has 0 aromatic carbocycles. The van der Waals surface area contributed by atoms with E-state index in [1.165, 1.54) is 0 Å². The zero-order chi connectivity index (χ0) is 8.43. The van der Waals surface area contributed by atoms with E-state index >= 15 is 0 Å². The van der Waals surface area contributed by atoms with Crippen LogP contribution in [0.5, 0.6) is 0 Å². The maximum Gasteiger partial charge on any atom is 0.309 e. The number of ether oxygens (including phenoxy) is 1. The van der Waals surface area contributed by atoms with Gasteiger partial charge in [0.05, 0.1) is 18.4 Å². The van der Waals surface area contributed by atoms with Crippen LogP contribution in [0.25, 0.3) is 0 Å². The molecule has 70 valence electrons. The average molecular weight is 195 g/mol. The van der Waals surface area contributed by atoms with Crippen molar-refractivity contribution in [1.82, 2.24) is 0 Å². The topological polar surface area (TPSA) is 63.6 Å². The molecule has 0 radical (unpaired) electrons. The predicted octanol–water partition coefficient (Wildman–Crippen LogP) is 0.692. The minimum atomic E-state index is -0.900. The Hall–Kier alpha value is -0.770. The Balaban J connectivity index is 0.00000121. The third-order valence-electron chi connectivity index (χ3n) is 1.70. The van der Waals surface area contributed by atoms with Gasteiger partial charge in [0, 0.05) is 0 Å². The Morgan fingerprint density at radius 3 is 2.42 bits per heavy atom. The van der Waals surface area contributed by atoms with Gasteiger partial charge in [-0.05, 0) is 13.3 Å². The molecule has 1 rings (SSSR count). The van der Waals surface area contributed by atoms with Crippen molar-refractivity contribution in [3.8, 4) is 0 Å². The first-order valence-corrected chi connectivity index (χ1v) is 3.56. The number of rotatable bonds is 3. The van der Waals surface area contributed by atoms with Gasteiger partial charge in [-0.25, -0.2) is 0 Å². The highest BCUT2D eigenvalue weighted by atomic mass is 35.5. The highest BCUT2D eigenvalue weighted by Gasteiger charge is 2.49. The molecule has 0 bridgehead atoms. The van der Waals surface area contributed by atoms with Crippen LogP contribution >= 0.6 is 12.4 Å². The largest absolute Gasteiger partial charge is 0.481 e. The normalized spacial score (nSPS) is 25.4. The van der Waals surface area contributed by atoms with Crippen molar-refractivity contribution in [2.75, 3.05) is 6.61 Å². The monoisotopic (exact) mass is 194 g/mol. The van der Waals surface area contributed by atoms with Gasteiger partial charge in [0.25, 0.3) is 0 Å². The lowest BCUT2D eigenvalue weighted by atomic mass is 10.3. The van der Waals surface area contributed by atoms with E-state index < -0.39 is 11.9 Å². The lowest BCUT2D eigenvalue weighted by Crippen LogP contribution is -2.10. The minimum absolute atomic E-state index is 0. The van der Waals surface area contributed by atoms with Crippen molar-refractivity contribution in [3.63, 3.8) is 0 Å². The van der Waals surface area contributed by atoms with Crippen LogP contribution in [0.4, 0.5) is 0 Å². The third-order valence-corrected chi connectivity index (χ3v) is 1.70. The van der Waals surface area contributed by atoms with Crippen LogP contribution in [0.2, 0.25) is 0 Å². The summed E-state index contributed by atoms with van der Waals surface area (Å²) >= 11 is 0. The van der Waals surface area contributed by atoms with Gasteiger partial charge in [-0.3, -0.25) is 9.59 Å². The second-order valence-electron chi connectivity index (χ2n) is 2.54. The molecule has 12 heavy (non-hydrogen) atoms. The van der Waals surface area contributed by atoms with Gasteiger partial charge in [-0.1, -0.05) is 0 Å². The summed E-state index contributed by atoms with van der Waals surface area (Å²) in [6.07, 6.45) is 0.439. The Morgan fingerprint density at radius 2 is 2.08 bits per heavy atom. The van der Waals surface area contributed by atoms with Gasteiger partial charge in [-0.2, -0.15) is 0 Å². The number of hydrogen-bond donors (Lipinski definition) is 1. The highest BCUT2D eigenvalue weighted by Crippen LogP contribution is 2.39. The summed E-state index contributed by atoms with van der Waals surface area (Å²) in [6.45, 7) is 2.03. The Morgan fingerprint density at radius 1 is 1.50 bits per heavy atom. The molecule has 1 N–H and O–H groups in total. The van der Waals surface area contributed by atoms with Crippen molar-refractivity contribution in [2.24, 2.45) is 11.8 Å². The van der Waals surface area contributed by atoms with Gasteiger partial charge in [-0.15, -0.1) is 12.4 Å². The lowest BCUT2D eigenvalue weighted by molar-refractivity contribution is -0.148. The van der Waals surface area contributed by atoms with Crippen molar-refractivity contribution in [2.45, 2.75) is 13.3 Å². The summed E-state index contributed by atoms with van der Waals surface area (Å²) in [6, 6.07) is 0. The Bertz CT molecular complexity index is 192. The molecule has 5 heteroatoms. The van der Waals surface area contributed by atoms with Crippen LogP contribution in [-0.2, 0) is 14.3 Å². The van der Waals surface area contributed by atoms with Gasteiger partial charge in [0.2, 0.25) is 0 Å². The van der Waals surface area contributed by atoms with Crippen LogP contribution in [0, 0.1) is 11.8 Å². The maximum absolute atomic E-state index is 10.8. The maximum atomic E-state index is 10.8. The summed E-state index contributed by atoms with van der Waals surface area (Å²) in [5.74, 6) is -2.15. The molecule has 0 spiro atoms. The molecule has 0 aromatic rings. The minimum Gasteiger partial charge on any atom is -0.481 e. The molecule has 1 fully saturated rings. The smallest absolute Gasteiger partial charge is 0.309 e. The van der Waals surface area contributed by atoms with Crippen molar-refractivity contribution in [3.05, 3.63) is 0 Å². The van der Waals surface area contributed by atoms with Crippen LogP contribution in [0.15, 0.2) is 0 Å². The lowest BCUT2D eigenvalue weighted by Gasteiger charge is -1.97. The molecule has 1 aliphatic rings. The van der Waals surface area contributed by atoms with E-state index in [4.69, 9.17) is 5.11 Å². The SMILES string of the molecule is CCOC(=O)[C@H]1C[C@H]1C(=O)O.Cl. The van der Waals surface area contributed by atoms with Crippen LogP contribution in [0.1, 0.15) is 13.3 Å². The van der Waals surface area contributed by atoms with Crippen molar-refractivity contribution < 1.29 is 19.4 Å². The van der Waals surface area contributed by atoms with Gasteiger partial charge in [0.15, 0.2) is 0 Å². The molecule has 0 amide bonds. The average Bonchev–Trinajstić information content (AvgIpc) is 2.65. The molecule has 0 aliphatic heterocycles. The Labute approximate surface area is 76.3 Å². The fourth-order valence-corrected chi connectivity index (χ4v) is 0.978. The number of esters is 1. The van der Waals surface area contributed by atoms with E-state index in [0.29, 0.717) is 13.0 Å². The van der Waals surface area contributed by atoms with E-state index in [0.717, 1.165) is 0 Å². The van der Waals surface area contributed by atoms with E-state index in [-0.39, 0.29) is 24.3 Å². The number of carbonyl (C=O) groups is 2. The molecule has 4 nitrogen and oxygen atoms in total. The number of hydrogen-bond acceptors (Lipinski definition) is 3. The molecule has 0 aromatic heterocycles. The van der Waals surface area contributed by atoms with E-state index in [1.807, 2.05) is 0 Å². The molecule has 0 saturated heterocycles. The second kappa shape index (κ2) is 4.30. The molecular formula is C7H11ClO4. The molecule has 0 unspecified atom stereocenters. The predicted molar refractivity (Wildman–Crippen MR) is 43.1 cm³/mol. The standard InChI is InChI=1S/C7H10O4.ClH/c1-2-11-7(10)5-3-4(5)6(8)9;/h4-5H,2-3H2,1H3,(H,8,9);1H/t4-,5+;/m1./s1. The molecule has 1 aliphatic carbocycles. The first-order chi connectivity index (χ1) is 5.16. The number of carbonyl (C=O) groups excluding carboxylic acids is 1. The zero-order valence-electron chi connectivity index (χ0n) is 6.65. The molecule has 2 atom stereocenters. The van der Waals surface area contributed by atoms with Crippen molar-refractivity contribution >= 4 is 24.3 Å². The fourth-order valence-electron chi connectivity index (χ4n) is 0.978. The van der Waals surface area contributed by atoms with Gasteiger partial charge >= 0.3 is 11.9 Å². The number of aliphatic carboxylic acids is 1. The number of carboxylic acids is 1. The summed E-state index contributed by atoms with van der Waals surface area (Å²) < 4.78 is 4.64. The van der Waals surface area contributed by atoms with Crippen molar-refractivity contribution in [1.29, 1.82) is 0 Å². The van der Waals surface area contributed by atoms with Gasteiger partial charge < -0.3 is 9.84 Å².